The first-order valence-corrected chi connectivity index (χ1v) is 5.97. The molecule has 1 unspecified atom stereocenters. The highest BCUT2D eigenvalue weighted by atomic mass is 79.9. The maximum absolute atomic E-state index is 11.6. The number of nitrogens with one attached hydrogen (secondary N) is 2. The van der Waals surface area contributed by atoms with Crippen LogP contribution in [0, 0.1) is 0 Å². The van der Waals surface area contributed by atoms with Crippen LogP contribution in [-0.4, -0.2) is 25.1 Å². The number of amides is 3. The van der Waals surface area contributed by atoms with Gasteiger partial charge in [0.1, 0.15) is 5.75 Å². The van der Waals surface area contributed by atoms with Gasteiger partial charge in [-0.05, 0) is 35.0 Å². The molecule has 0 aliphatic rings. The highest BCUT2D eigenvalue weighted by molar-refractivity contribution is 9.10. The number of urea groups is 1. The Morgan fingerprint density at radius 1 is 1.44 bits per heavy atom. The number of anilines is 1. The van der Waals surface area contributed by atoms with Crippen molar-refractivity contribution in [3.63, 3.8) is 0 Å². The van der Waals surface area contributed by atoms with E-state index < -0.39 is 18.0 Å². The van der Waals surface area contributed by atoms with Crippen LogP contribution in [0.3, 0.4) is 0 Å². The summed E-state index contributed by atoms with van der Waals surface area (Å²) >= 11 is 3.28. The van der Waals surface area contributed by atoms with Crippen LogP contribution in [0.15, 0.2) is 22.7 Å². The smallest absolute Gasteiger partial charge is 0.321 e. The largest absolute Gasteiger partial charge is 0.480 e. The van der Waals surface area contributed by atoms with E-state index >= 15 is 0 Å². The number of imide groups is 1. The third kappa shape index (κ3) is 3.92. The summed E-state index contributed by atoms with van der Waals surface area (Å²) in [5.41, 5.74) is 6.14. The number of benzene rings is 1. The first kappa shape index (κ1) is 14.3. The summed E-state index contributed by atoms with van der Waals surface area (Å²) in [6.07, 6.45) is -0.819. The highest BCUT2D eigenvalue weighted by Crippen LogP contribution is 2.27. The van der Waals surface area contributed by atoms with E-state index in [1.807, 2.05) is 0 Å². The summed E-state index contributed by atoms with van der Waals surface area (Å²) in [7, 11) is 1.42. The van der Waals surface area contributed by atoms with Crippen molar-refractivity contribution in [3.8, 4) is 5.75 Å². The molecule has 0 aliphatic carbocycles. The molecule has 0 aliphatic heterocycles. The van der Waals surface area contributed by atoms with E-state index in [9.17, 15) is 9.59 Å². The fraction of sp³-hybridized carbons (Fsp3) is 0.273. The van der Waals surface area contributed by atoms with Gasteiger partial charge >= 0.3 is 6.03 Å². The topological polar surface area (TPSA) is 93.5 Å². The van der Waals surface area contributed by atoms with Crippen molar-refractivity contribution in [1.82, 2.24) is 10.6 Å². The monoisotopic (exact) mass is 315 g/mol. The first-order valence-electron chi connectivity index (χ1n) is 5.18. The van der Waals surface area contributed by atoms with E-state index in [-0.39, 0.29) is 0 Å². The zero-order valence-electron chi connectivity index (χ0n) is 9.99. The molecule has 1 aromatic rings. The second-order valence-corrected chi connectivity index (χ2v) is 4.37. The number of rotatable bonds is 3. The molecular weight excluding hydrogens is 302 g/mol. The number of hydrogen-bond donors (Lipinski definition) is 3. The van der Waals surface area contributed by atoms with Crippen molar-refractivity contribution in [1.29, 1.82) is 0 Å². The molecule has 18 heavy (non-hydrogen) atoms. The average molecular weight is 316 g/mol. The Balaban J connectivity index is 2.69. The summed E-state index contributed by atoms with van der Waals surface area (Å²) in [4.78, 5) is 22.5. The Hall–Kier alpha value is -1.76. The number of hydrogen-bond acceptors (Lipinski definition) is 4. The number of nitrogens with two attached hydrogens (primary N) is 1. The van der Waals surface area contributed by atoms with Crippen LogP contribution in [0.5, 0.6) is 5.75 Å². The van der Waals surface area contributed by atoms with Crippen molar-refractivity contribution in [2.45, 2.75) is 13.0 Å². The van der Waals surface area contributed by atoms with E-state index in [2.05, 4.69) is 26.6 Å². The van der Waals surface area contributed by atoms with Gasteiger partial charge in [-0.2, -0.15) is 0 Å². The summed E-state index contributed by atoms with van der Waals surface area (Å²) in [5.74, 6) is -0.0989. The lowest BCUT2D eigenvalue weighted by Gasteiger charge is -2.15. The van der Waals surface area contributed by atoms with Crippen LogP contribution in [0.25, 0.3) is 0 Å². The fourth-order valence-electron chi connectivity index (χ4n) is 1.13. The minimum Gasteiger partial charge on any atom is -0.480 e. The molecule has 0 bridgehead atoms. The molecule has 0 fully saturated rings. The van der Waals surface area contributed by atoms with E-state index in [4.69, 9.17) is 10.5 Å². The Morgan fingerprint density at radius 3 is 2.72 bits per heavy atom. The lowest BCUT2D eigenvalue weighted by Crippen LogP contribution is -2.44. The normalized spacial score (nSPS) is 11.5. The number of carbonyl (C=O) groups excluding carboxylic acids is 2. The lowest BCUT2D eigenvalue weighted by atomic mass is 10.3. The maximum Gasteiger partial charge on any atom is 0.321 e. The van der Waals surface area contributed by atoms with Gasteiger partial charge in [0.15, 0.2) is 6.10 Å². The predicted octanol–water partition coefficient (Wildman–Crippen LogP) is 1.25. The second kappa shape index (κ2) is 6.25. The van der Waals surface area contributed by atoms with Gasteiger partial charge in [-0.15, -0.1) is 0 Å². The lowest BCUT2D eigenvalue weighted by molar-refractivity contribution is -0.126. The molecule has 0 radical (unpaired) electrons. The van der Waals surface area contributed by atoms with Crippen LogP contribution in [0.2, 0.25) is 0 Å². The van der Waals surface area contributed by atoms with Gasteiger partial charge in [0.05, 0.1) is 4.47 Å². The van der Waals surface area contributed by atoms with Gasteiger partial charge < -0.3 is 15.8 Å². The summed E-state index contributed by atoms with van der Waals surface area (Å²) in [6, 6.07) is 4.43. The van der Waals surface area contributed by atoms with E-state index in [0.29, 0.717) is 15.9 Å². The molecule has 0 spiro atoms. The van der Waals surface area contributed by atoms with Crippen molar-refractivity contribution in [2.75, 3.05) is 12.8 Å². The first-order chi connectivity index (χ1) is 8.43. The molecule has 98 valence electrons. The predicted molar refractivity (Wildman–Crippen MR) is 71.2 cm³/mol. The van der Waals surface area contributed by atoms with E-state index in [1.165, 1.54) is 14.0 Å². The van der Waals surface area contributed by atoms with Gasteiger partial charge in [-0.25, -0.2) is 4.79 Å². The number of carbonyl (C=O) groups is 2. The summed E-state index contributed by atoms with van der Waals surface area (Å²) in [6.45, 7) is 1.54. The van der Waals surface area contributed by atoms with Gasteiger partial charge in [-0.1, -0.05) is 0 Å². The van der Waals surface area contributed by atoms with Crippen LogP contribution < -0.4 is 21.1 Å². The molecule has 1 aromatic carbocycles. The maximum atomic E-state index is 11.6. The zero-order valence-corrected chi connectivity index (χ0v) is 11.6. The van der Waals surface area contributed by atoms with Crippen molar-refractivity contribution in [3.05, 3.63) is 22.7 Å². The zero-order chi connectivity index (χ0) is 13.7. The van der Waals surface area contributed by atoms with Crippen LogP contribution in [0.1, 0.15) is 6.92 Å². The van der Waals surface area contributed by atoms with E-state index in [0.717, 1.165) is 0 Å². The van der Waals surface area contributed by atoms with Gasteiger partial charge in [0, 0.05) is 18.8 Å². The Kier molecular flexibility index (Phi) is 4.96. The van der Waals surface area contributed by atoms with Gasteiger partial charge in [0.25, 0.3) is 5.91 Å². The molecule has 1 atom stereocenters. The molecular formula is C11H14BrN3O3. The molecule has 4 N–H and O–H groups in total. The molecule has 6 nitrogen and oxygen atoms in total. The third-order valence-corrected chi connectivity index (χ3v) is 2.75. The SMILES string of the molecule is CNC(=O)NC(=O)C(C)Oc1cc(N)ccc1Br. The quantitative estimate of drug-likeness (QED) is 0.732. The van der Waals surface area contributed by atoms with Crippen molar-refractivity contribution >= 4 is 33.6 Å². The number of halogens is 1. The summed E-state index contributed by atoms with van der Waals surface area (Å²) < 4.78 is 6.09. The van der Waals surface area contributed by atoms with Crippen LogP contribution >= 0.6 is 15.9 Å². The van der Waals surface area contributed by atoms with Crippen LogP contribution in [0.4, 0.5) is 10.5 Å². The third-order valence-electron chi connectivity index (χ3n) is 2.09. The number of nitrogen functional groups attached to an aromatic ring is 1. The molecule has 3 amide bonds. The van der Waals surface area contributed by atoms with Crippen molar-refractivity contribution < 1.29 is 14.3 Å². The fourth-order valence-corrected chi connectivity index (χ4v) is 1.47. The van der Waals surface area contributed by atoms with Crippen molar-refractivity contribution in [2.24, 2.45) is 0 Å². The minimum absolute atomic E-state index is 0.439. The Bertz CT molecular complexity index is 465. The number of ether oxygens (including phenoxy) is 1. The highest BCUT2D eigenvalue weighted by Gasteiger charge is 2.17. The molecule has 0 heterocycles. The minimum atomic E-state index is -0.819. The summed E-state index contributed by atoms with van der Waals surface area (Å²) in [5, 5.41) is 4.40. The Morgan fingerprint density at radius 2 is 2.11 bits per heavy atom. The van der Waals surface area contributed by atoms with Crippen LogP contribution in [-0.2, 0) is 4.79 Å². The average Bonchev–Trinajstić information content (AvgIpc) is 2.33. The second-order valence-electron chi connectivity index (χ2n) is 3.52. The molecule has 0 aromatic heterocycles. The molecule has 0 saturated heterocycles. The Labute approximate surface area is 113 Å². The molecule has 0 saturated carbocycles. The standard InChI is InChI=1S/C11H14BrN3O3/c1-6(10(16)15-11(17)14-2)18-9-5-7(13)3-4-8(9)12/h3-6H,13H2,1-2H3,(H2,14,15,16,17). The van der Waals surface area contributed by atoms with E-state index in [1.54, 1.807) is 18.2 Å². The van der Waals surface area contributed by atoms with Gasteiger partial charge in [0.2, 0.25) is 0 Å². The van der Waals surface area contributed by atoms with Gasteiger partial charge in [-0.3, -0.25) is 10.1 Å². The molecule has 1 rings (SSSR count). The molecule has 7 heteroatoms.